The number of carbonyl (C=O) groups excluding carboxylic acids is 2. The van der Waals surface area contributed by atoms with Gasteiger partial charge >= 0.3 is 0 Å². The summed E-state index contributed by atoms with van der Waals surface area (Å²) in [5.41, 5.74) is 0.879. The van der Waals surface area contributed by atoms with E-state index in [0.717, 1.165) is 12.1 Å². The molecule has 0 bridgehead atoms. The van der Waals surface area contributed by atoms with Gasteiger partial charge in [0.15, 0.2) is 0 Å². The van der Waals surface area contributed by atoms with E-state index in [1.165, 1.54) is 0 Å². The molecule has 0 aromatic heterocycles. The molecule has 0 aliphatic heterocycles. The zero-order valence-electron chi connectivity index (χ0n) is 13.3. The van der Waals surface area contributed by atoms with Gasteiger partial charge in [-0.15, -0.1) is 0 Å². The molecule has 0 fully saturated rings. The highest BCUT2D eigenvalue weighted by molar-refractivity contribution is 5.92. The summed E-state index contributed by atoms with van der Waals surface area (Å²) in [7, 11) is 1.76. The minimum atomic E-state index is 0.0332. The molecule has 0 unspecified atom stereocenters. The van der Waals surface area contributed by atoms with Gasteiger partial charge in [0.1, 0.15) is 0 Å². The quantitative estimate of drug-likeness (QED) is 0.800. The summed E-state index contributed by atoms with van der Waals surface area (Å²) in [5.74, 6) is 0.661. The van der Waals surface area contributed by atoms with E-state index in [1.807, 2.05) is 30.3 Å². The third kappa shape index (κ3) is 6.93. The minimum absolute atomic E-state index is 0.0332. The Morgan fingerprint density at radius 3 is 2.43 bits per heavy atom. The minimum Gasteiger partial charge on any atom is -0.356 e. The van der Waals surface area contributed by atoms with Crippen LogP contribution in [0.5, 0.6) is 0 Å². The molecule has 1 rings (SSSR count). The van der Waals surface area contributed by atoms with Gasteiger partial charge in [0.25, 0.3) is 0 Å². The van der Waals surface area contributed by atoms with Crippen molar-refractivity contribution >= 4 is 17.5 Å². The summed E-state index contributed by atoms with van der Waals surface area (Å²) in [5, 5.41) is 2.88. The first-order valence-corrected chi connectivity index (χ1v) is 7.59. The van der Waals surface area contributed by atoms with E-state index >= 15 is 0 Å². The molecule has 1 aromatic rings. The lowest BCUT2D eigenvalue weighted by Crippen LogP contribution is -2.27. The van der Waals surface area contributed by atoms with Crippen LogP contribution in [0.3, 0.4) is 0 Å². The third-order valence-corrected chi connectivity index (χ3v) is 3.36. The largest absolute Gasteiger partial charge is 0.356 e. The van der Waals surface area contributed by atoms with Crippen molar-refractivity contribution in [2.24, 2.45) is 5.92 Å². The molecule has 116 valence electrons. The first-order valence-electron chi connectivity index (χ1n) is 7.59. The Labute approximate surface area is 127 Å². The van der Waals surface area contributed by atoms with Gasteiger partial charge in [-0.05, 0) is 30.9 Å². The number of hydrogen-bond acceptors (Lipinski definition) is 2. The molecule has 0 saturated heterocycles. The summed E-state index contributed by atoms with van der Waals surface area (Å²) in [4.78, 5) is 25.3. The number of rotatable bonds is 8. The lowest BCUT2D eigenvalue weighted by molar-refractivity contribution is -0.121. The van der Waals surface area contributed by atoms with Gasteiger partial charge < -0.3 is 10.2 Å². The van der Waals surface area contributed by atoms with E-state index < -0.39 is 0 Å². The van der Waals surface area contributed by atoms with Crippen molar-refractivity contribution in [3.05, 3.63) is 30.3 Å². The van der Waals surface area contributed by atoms with Crippen molar-refractivity contribution in [3.8, 4) is 0 Å². The van der Waals surface area contributed by atoms with Crippen molar-refractivity contribution in [1.82, 2.24) is 5.32 Å². The second kappa shape index (κ2) is 9.16. The molecule has 1 N–H and O–H groups in total. The Hall–Kier alpha value is -1.84. The Balaban J connectivity index is 2.23. The highest BCUT2D eigenvalue weighted by atomic mass is 16.2. The number of para-hydroxylation sites is 1. The fraction of sp³-hybridized carbons (Fsp3) is 0.529. The van der Waals surface area contributed by atoms with Crippen molar-refractivity contribution in [1.29, 1.82) is 0 Å². The van der Waals surface area contributed by atoms with Crippen LogP contribution in [0.15, 0.2) is 30.3 Å². The molecule has 0 radical (unpaired) electrons. The number of amides is 2. The molecule has 1 aromatic carbocycles. The molecule has 0 saturated carbocycles. The second-order valence-electron chi connectivity index (χ2n) is 5.67. The average molecular weight is 290 g/mol. The van der Waals surface area contributed by atoms with Gasteiger partial charge in [0, 0.05) is 32.1 Å². The molecule has 21 heavy (non-hydrogen) atoms. The Morgan fingerprint density at radius 2 is 1.81 bits per heavy atom. The van der Waals surface area contributed by atoms with Crippen LogP contribution in [0.1, 0.15) is 39.5 Å². The normalized spacial score (nSPS) is 10.5. The zero-order valence-corrected chi connectivity index (χ0v) is 13.3. The van der Waals surface area contributed by atoms with E-state index in [4.69, 9.17) is 0 Å². The molecular weight excluding hydrogens is 264 g/mol. The number of anilines is 1. The van der Waals surface area contributed by atoms with E-state index in [1.54, 1.807) is 11.9 Å². The van der Waals surface area contributed by atoms with Gasteiger partial charge in [0.2, 0.25) is 11.8 Å². The first-order chi connectivity index (χ1) is 10.0. The number of benzene rings is 1. The number of carbonyl (C=O) groups is 2. The highest BCUT2D eigenvalue weighted by Gasteiger charge is 2.11. The first kappa shape index (κ1) is 17.2. The average Bonchev–Trinajstić information content (AvgIpc) is 2.46. The molecule has 0 spiro atoms. The predicted octanol–water partition coefficient (Wildman–Crippen LogP) is 2.98. The van der Waals surface area contributed by atoms with Gasteiger partial charge in [-0.1, -0.05) is 32.0 Å². The number of hydrogen-bond donors (Lipinski definition) is 1. The molecule has 4 nitrogen and oxygen atoms in total. The smallest absolute Gasteiger partial charge is 0.226 e. The topological polar surface area (TPSA) is 49.4 Å². The van der Waals surface area contributed by atoms with Crippen molar-refractivity contribution in [2.45, 2.75) is 39.5 Å². The molecule has 2 amide bonds. The van der Waals surface area contributed by atoms with E-state index in [9.17, 15) is 9.59 Å². The van der Waals surface area contributed by atoms with Crippen LogP contribution in [0.4, 0.5) is 5.69 Å². The molecule has 0 heterocycles. The lowest BCUT2D eigenvalue weighted by atomic mass is 10.1. The van der Waals surface area contributed by atoms with Gasteiger partial charge in [-0.2, -0.15) is 0 Å². The predicted molar refractivity (Wildman–Crippen MR) is 86.2 cm³/mol. The fourth-order valence-electron chi connectivity index (χ4n) is 1.95. The van der Waals surface area contributed by atoms with Crippen molar-refractivity contribution in [2.75, 3.05) is 18.5 Å². The standard InChI is InChI=1S/C17H26N2O2/c1-14(2)12-13-18-16(20)10-7-11-17(21)19(3)15-8-5-4-6-9-15/h4-6,8-9,14H,7,10-13H2,1-3H3,(H,18,20). The van der Waals surface area contributed by atoms with Crippen LogP contribution >= 0.6 is 0 Å². The Kier molecular flexibility index (Phi) is 7.51. The Morgan fingerprint density at radius 1 is 1.14 bits per heavy atom. The van der Waals surface area contributed by atoms with E-state index in [0.29, 0.717) is 31.7 Å². The van der Waals surface area contributed by atoms with Crippen LogP contribution in [-0.4, -0.2) is 25.4 Å². The number of nitrogens with zero attached hydrogens (tertiary/aromatic N) is 1. The summed E-state index contributed by atoms with van der Waals surface area (Å²) < 4.78 is 0. The monoisotopic (exact) mass is 290 g/mol. The lowest BCUT2D eigenvalue weighted by Gasteiger charge is -2.17. The van der Waals surface area contributed by atoms with Gasteiger partial charge in [0.05, 0.1) is 0 Å². The van der Waals surface area contributed by atoms with Crippen molar-refractivity contribution < 1.29 is 9.59 Å². The summed E-state index contributed by atoms with van der Waals surface area (Å²) in [6.45, 7) is 4.98. The number of nitrogens with one attached hydrogen (secondary N) is 1. The zero-order chi connectivity index (χ0) is 15.7. The third-order valence-electron chi connectivity index (χ3n) is 3.36. The van der Waals surface area contributed by atoms with Gasteiger partial charge in [-0.3, -0.25) is 9.59 Å². The Bertz CT molecular complexity index is 443. The second-order valence-corrected chi connectivity index (χ2v) is 5.67. The van der Waals surface area contributed by atoms with Crippen LogP contribution in [0.2, 0.25) is 0 Å². The van der Waals surface area contributed by atoms with Crippen LogP contribution in [0.25, 0.3) is 0 Å². The highest BCUT2D eigenvalue weighted by Crippen LogP contribution is 2.13. The SMILES string of the molecule is CC(C)CCNC(=O)CCCC(=O)N(C)c1ccccc1. The summed E-state index contributed by atoms with van der Waals surface area (Å²) in [6, 6.07) is 9.53. The summed E-state index contributed by atoms with van der Waals surface area (Å²) in [6.07, 6.45) is 2.38. The summed E-state index contributed by atoms with van der Waals surface area (Å²) >= 11 is 0. The van der Waals surface area contributed by atoms with Crippen LogP contribution in [-0.2, 0) is 9.59 Å². The van der Waals surface area contributed by atoms with Crippen molar-refractivity contribution in [3.63, 3.8) is 0 Å². The molecule has 0 atom stereocenters. The maximum absolute atomic E-state index is 12.0. The van der Waals surface area contributed by atoms with E-state index in [-0.39, 0.29) is 11.8 Å². The molecule has 0 aliphatic carbocycles. The van der Waals surface area contributed by atoms with E-state index in [2.05, 4.69) is 19.2 Å². The van der Waals surface area contributed by atoms with Crippen LogP contribution < -0.4 is 10.2 Å². The maximum Gasteiger partial charge on any atom is 0.226 e. The fourth-order valence-corrected chi connectivity index (χ4v) is 1.95. The maximum atomic E-state index is 12.0. The molecule has 0 aliphatic rings. The molecule has 4 heteroatoms. The van der Waals surface area contributed by atoms with Crippen LogP contribution in [0, 0.1) is 5.92 Å². The molecular formula is C17H26N2O2. The van der Waals surface area contributed by atoms with Gasteiger partial charge in [-0.25, -0.2) is 0 Å².